The highest BCUT2D eigenvalue weighted by Crippen LogP contribution is 2.08. The van der Waals surface area contributed by atoms with Crippen LogP contribution in [0.3, 0.4) is 0 Å². The van der Waals surface area contributed by atoms with E-state index in [1.165, 1.54) is 18.4 Å². The first-order chi connectivity index (χ1) is 9.58. The molecule has 1 heterocycles. The molecule has 2 amide bonds. The first-order valence-electron chi connectivity index (χ1n) is 6.33. The van der Waals surface area contributed by atoms with E-state index in [0.29, 0.717) is 17.9 Å². The Morgan fingerprint density at radius 1 is 1.45 bits per heavy atom. The second-order valence-electron chi connectivity index (χ2n) is 4.35. The largest absolute Gasteiger partial charge is 0.396 e. The van der Waals surface area contributed by atoms with E-state index in [2.05, 4.69) is 10.6 Å². The van der Waals surface area contributed by atoms with Crippen LogP contribution in [0.25, 0.3) is 0 Å². The molecule has 0 aromatic carbocycles. The summed E-state index contributed by atoms with van der Waals surface area (Å²) in [5, 5.41) is 16.1. The van der Waals surface area contributed by atoms with E-state index in [1.807, 2.05) is 0 Å². The van der Waals surface area contributed by atoms with Crippen LogP contribution in [0.2, 0.25) is 0 Å². The van der Waals surface area contributed by atoms with Crippen molar-refractivity contribution < 1.29 is 19.4 Å². The summed E-state index contributed by atoms with van der Waals surface area (Å²) in [4.78, 5) is 24.3. The van der Waals surface area contributed by atoms with Gasteiger partial charge in [0.05, 0.1) is 17.5 Å². The fraction of sp³-hybridized carbons (Fsp3) is 0.538. The van der Waals surface area contributed by atoms with Gasteiger partial charge in [-0.3, -0.25) is 9.59 Å². The van der Waals surface area contributed by atoms with Gasteiger partial charge in [-0.1, -0.05) is 6.07 Å². The summed E-state index contributed by atoms with van der Waals surface area (Å²) in [5.74, 6) is -0.571. The van der Waals surface area contributed by atoms with Crippen LogP contribution in [0.4, 0.5) is 0 Å². The molecule has 0 bridgehead atoms. The summed E-state index contributed by atoms with van der Waals surface area (Å²) in [5.41, 5.74) is 0. The molecule has 0 saturated carbocycles. The fourth-order valence-electron chi connectivity index (χ4n) is 1.62. The van der Waals surface area contributed by atoms with Gasteiger partial charge in [-0.25, -0.2) is 0 Å². The summed E-state index contributed by atoms with van der Waals surface area (Å²) >= 11 is 1.32. The van der Waals surface area contributed by atoms with Crippen LogP contribution >= 0.6 is 11.3 Å². The number of carbonyl (C=O) groups is 2. The molecular weight excluding hydrogens is 280 g/mol. The van der Waals surface area contributed by atoms with Gasteiger partial charge >= 0.3 is 0 Å². The third kappa shape index (κ3) is 5.28. The fourth-order valence-corrected chi connectivity index (χ4v) is 2.25. The molecule has 0 aliphatic heterocycles. The van der Waals surface area contributed by atoms with Crippen LogP contribution < -0.4 is 10.6 Å². The van der Waals surface area contributed by atoms with E-state index in [1.54, 1.807) is 24.4 Å². The average Bonchev–Trinajstić information content (AvgIpc) is 2.93. The third-order valence-electron chi connectivity index (χ3n) is 2.68. The first-order valence-corrected chi connectivity index (χ1v) is 7.21. The number of thiophene rings is 1. The predicted molar refractivity (Wildman–Crippen MR) is 76.8 cm³/mol. The number of aliphatic hydroxyl groups is 1. The Balaban J connectivity index is 2.47. The van der Waals surface area contributed by atoms with Crippen molar-refractivity contribution in [3.8, 4) is 0 Å². The summed E-state index contributed by atoms with van der Waals surface area (Å²) in [7, 11) is 1.53. The Hall–Kier alpha value is -1.44. The zero-order chi connectivity index (χ0) is 15.0. The predicted octanol–water partition coefficient (Wildman–Crippen LogP) is 0.380. The second-order valence-corrected chi connectivity index (χ2v) is 5.29. The van der Waals surface area contributed by atoms with Crippen molar-refractivity contribution in [1.82, 2.24) is 10.6 Å². The normalized spacial score (nSPS) is 13.6. The molecule has 0 spiro atoms. The zero-order valence-electron chi connectivity index (χ0n) is 11.6. The number of hydrogen-bond donors (Lipinski definition) is 3. The molecule has 0 radical (unpaired) electrons. The summed E-state index contributed by atoms with van der Waals surface area (Å²) in [6, 6.07) is 2.56. The Bertz CT molecular complexity index is 416. The van der Waals surface area contributed by atoms with Gasteiger partial charge in [-0.15, -0.1) is 11.3 Å². The van der Waals surface area contributed by atoms with Crippen molar-refractivity contribution in [3.05, 3.63) is 22.4 Å². The van der Waals surface area contributed by atoms with Crippen molar-refractivity contribution in [2.75, 3.05) is 20.3 Å². The Labute approximate surface area is 122 Å². The Kier molecular flexibility index (Phi) is 7.21. The molecule has 1 aromatic heterocycles. The number of aliphatic hydroxyl groups excluding tert-OH is 1. The molecule has 0 fully saturated rings. The number of amides is 2. The highest BCUT2D eigenvalue weighted by Gasteiger charge is 2.20. The van der Waals surface area contributed by atoms with Gasteiger partial charge < -0.3 is 20.5 Å². The van der Waals surface area contributed by atoms with E-state index in [4.69, 9.17) is 9.84 Å². The number of hydrogen-bond acceptors (Lipinski definition) is 5. The monoisotopic (exact) mass is 300 g/mol. The topological polar surface area (TPSA) is 87.7 Å². The van der Waals surface area contributed by atoms with E-state index in [9.17, 15) is 9.59 Å². The van der Waals surface area contributed by atoms with Crippen LogP contribution in [0.5, 0.6) is 0 Å². The van der Waals surface area contributed by atoms with Crippen LogP contribution in [-0.2, 0) is 9.53 Å². The third-order valence-corrected chi connectivity index (χ3v) is 3.55. The summed E-state index contributed by atoms with van der Waals surface area (Å²) in [6.07, 6.45) is 0.408. The maximum absolute atomic E-state index is 11.9. The van der Waals surface area contributed by atoms with Crippen LogP contribution in [0.15, 0.2) is 17.5 Å². The lowest BCUT2D eigenvalue weighted by Crippen LogP contribution is -2.49. The van der Waals surface area contributed by atoms with E-state index in [-0.39, 0.29) is 24.5 Å². The van der Waals surface area contributed by atoms with Gasteiger partial charge in [0.2, 0.25) is 5.91 Å². The molecule has 7 heteroatoms. The number of rotatable bonds is 8. The van der Waals surface area contributed by atoms with E-state index >= 15 is 0 Å². The lowest BCUT2D eigenvalue weighted by atomic mass is 10.2. The molecule has 0 aliphatic carbocycles. The van der Waals surface area contributed by atoms with E-state index in [0.717, 1.165) is 0 Å². The molecule has 3 N–H and O–H groups in total. The van der Waals surface area contributed by atoms with Gasteiger partial charge in [-0.2, -0.15) is 0 Å². The van der Waals surface area contributed by atoms with Gasteiger partial charge in [0.25, 0.3) is 5.91 Å². The standard InChI is InChI=1S/C13H20N2O4S/c1-9(14-13(18)11-4-3-7-20-11)12(17)15-10(5-6-16)8-19-2/h3-4,7,9-10,16H,5-6,8H2,1-2H3,(H,14,18)(H,15,17). The minimum atomic E-state index is -0.650. The number of carbonyl (C=O) groups excluding carboxylic acids is 2. The minimum absolute atomic E-state index is 0.0375. The van der Waals surface area contributed by atoms with Crippen molar-refractivity contribution in [1.29, 1.82) is 0 Å². The molecular formula is C13H20N2O4S. The van der Waals surface area contributed by atoms with Crippen molar-refractivity contribution in [2.24, 2.45) is 0 Å². The molecule has 0 aliphatic rings. The first kappa shape index (κ1) is 16.6. The lowest BCUT2D eigenvalue weighted by Gasteiger charge is -2.20. The number of nitrogens with one attached hydrogen (secondary N) is 2. The highest BCUT2D eigenvalue weighted by molar-refractivity contribution is 7.12. The maximum atomic E-state index is 11.9. The molecule has 0 saturated heterocycles. The number of ether oxygens (including phenoxy) is 1. The molecule has 1 rings (SSSR count). The van der Waals surface area contributed by atoms with Crippen LogP contribution in [0.1, 0.15) is 23.0 Å². The summed E-state index contributed by atoms with van der Waals surface area (Å²) < 4.78 is 4.97. The van der Waals surface area contributed by atoms with Crippen LogP contribution in [0, 0.1) is 0 Å². The lowest BCUT2D eigenvalue weighted by molar-refractivity contribution is -0.123. The SMILES string of the molecule is COCC(CCO)NC(=O)C(C)NC(=O)c1cccs1. The van der Waals surface area contributed by atoms with Gasteiger partial charge in [0, 0.05) is 13.7 Å². The summed E-state index contributed by atoms with van der Waals surface area (Å²) in [6.45, 7) is 1.89. The van der Waals surface area contributed by atoms with Crippen molar-refractivity contribution in [2.45, 2.75) is 25.4 Å². The zero-order valence-corrected chi connectivity index (χ0v) is 12.4. The molecule has 2 atom stereocenters. The second kappa shape index (κ2) is 8.68. The molecule has 112 valence electrons. The maximum Gasteiger partial charge on any atom is 0.261 e. The van der Waals surface area contributed by atoms with E-state index < -0.39 is 6.04 Å². The molecule has 20 heavy (non-hydrogen) atoms. The molecule has 6 nitrogen and oxygen atoms in total. The van der Waals surface area contributed by atoms with Crippen LogP contribution in [-0.4, -0.2) is 49.3 Å². The van der Waals surface area contributed by atoms with Crippen molar-refractivity contribution in [3.63, 3.8) is 0 Å². The molecule has 2 unspecified atom stereocenters. The quantitative estimate of drug-likeness (QED) is 0.648. The number of methoxy groups -OCH3 is 1. The smallest absolute Gasteiger partial charge is 0.261 e. The van der Waals surface area contributed by atoms with Crippen molar-refractivity contribution >= 4 is 23.2 Å². The van der Waals surface area contributed by atoms with Gasteiger partial charge in [-0.05, 0) is 24.8 Å². The highest BCUT2D eigenvalue weighted by atomic mass is 32.1. The van der Waals surface area contributed by atoms with Gasteiger partial charge in [0.1, 0.15) is 6.04 Å². The Morgan fingerprint density at radius 2 is 2.20 bits per heavy atom. The Morgan fingerprint density at radius 3 is 2.75 bits per heavy atom. The minimum Gasteiger partial charge on any atom is -0.396 e. The average molecular weight is 300 g/mol. The molecule has 1 aromatic rings. The van der Waals surface area contributed by atoms with Gasteiger partial charge in [0.15, 0.2) is 0 Å².